The number of hydrogen-bond donors (Lipinski definition) is 1. The Balaban J connectivity index is 2.32. The molecule has 0 aliphatic carbocycles. The van der Waals surface area contributed by atoms with E-state index in [-0.39, 0.29) is 17.4 Å². The number of nitrogens with zero attached hydrogens (tertiary/aromatic N) is 3. The van der Waals surface area contributed by atoms with Gasteiger partial charge in [0.25, 0.3) is 5.91 Å². The third kappa shape index (κ3) is 3.23. The minimum atomic E-state index is -0.0986. The molecule has 2 aromatic rings. The summed E-state index contributed by atoms with van der Waals surface area (Å²) in [5.74, 6) is 0.796. The Bertz CT molecular complexity index is 639. The summed E-state index contributed by atoms with van der Waals surface area (Å²) in [6, 6.07) is 3.74. The summed E-state index contributed by atoms with van der Waals surface area (Å²) in [5.41, 5.74) is 1.21. The van der Waals surface area contributed by atoms with Crippen LogP contribution >= 0.6 is 0 Å². The molecule has 5 nitrogen and oxygen atoms in total. The van der Waals surface area contributed by atoms with Gasteiger partial charge in [-0.1, -0.05) is 27.7 Å². The van der Waals surface area contributed by atoms with Gasteiger partial charge in [-0.25, -0.2) is 0 Å². The first-order valence-corrected chi connectivity index (χ1v) is 7.48. The summed E-state index contributed by atoms with van der Waals surface area (Å²) in [6.07, 6.45) is 3.76. The van der Waals surface area contributed by atoms with Gasteiger partial charge in [0.2, 0.25) is 0 Å². The van der Waals surface area contributed by atoms with E-state index in [1.54, 1.807) is 6.07 Å². The first-order valence-electron chi connectivity index (χ1n) is 7.48. The molecule has 1 atom stereocenters. The molecule has 21 heavy (non-hydrogen) atoms. The number of fused-ring (bicyclic) bond motifs is 1. The van der Waals surface area contributed by atoms with Crippen LogP contribution in [-0.2, 0) is 6.42 Å². The van der Waals surface area contributed by atoms with E-state index in [0.29, 0.717) is 11.2 Å². The van der Waals surface area contributed by atoms with E-state index in [1.807, 2.05) is 23.6 Å². The lowest BCUT2D eigenvalue weighted by molar-refractivity contribution is 0.0911. The van der Waals surface area contributed by atoms with E-state index in [1.165, 1.54) is 0 Å². The molecule has 5 heteroatoms. The van der Waals surface area contributed by atoms with E-state index in [9.17, 15) is 4.79 Å². The van der Waals surface area contributed by atoms with Crippen LogP contribution in [0.2, 0.25) is 0 Å². The summed E-state index contributed by atoms with van der Waals surface area (Å²) in [7, 11) is 0. The lowest BCUT2D eigenvalue weighted by Gasteiger charge is -2.28. The minimum Gasteiger partial charge on any atom is -0.349 e. The van der Waals surface area contributed by atoms with Crippen molar-refractivity contribution >= 4 is 11.6 Å². The third-order valence-corrected chi connectivity index (χ3v) is 3.87. The van der Waals surface area contributed by atoms with E-state index in [0.717, 1.165) is 18.7 Å². The SMILES string of the molecule is CCCc1nnc2c(C(=O)N[C@H](C)C(C)(C)C)cccn12. The van der Waals surface area contributed by atoms with Crippen LogP contribution in [-0.4, -0.2) is 26.5 Å². The molecule has 1 amide bonds. The normalized spacial score (nSPS) is 13.4. The average molecular weight is 288 g/mol. The van der Waals surface area contributed by atoms with Crippen molar-refractivity contribution in [1.82, 2.24) is 19.9 Å². The molecule has 2 aromatic heterocycles. The molecule has 0 saturated heterocycles. The number of carbonyl (C=O) groups is 1. The second-order valence-corrected chi connectivity index (χ2v) is 6.54. The summed E-state index contributed by atoms with van der Waals surface area (Å²) >= 11 is 0. The van der Waals surface area contributed by atoms with Crippen molar-refractivity contribution in [3.05, 3.63) is 29.7 Å². The van der Waals surface area contributed by atoms with Gasteiger partial charge in [-0.3, -0.25) is 9.20 Å². The molecule has 0 aromatic carbocycles. The standard InChI is InChI=1S/C16H24N4O/c1-6-8-13-18-19-14-12(9-7-10-20(13)14)15(21)17-11(2)16(3,4)5/h7,9-11H,6,8H2,1-5H3,(H,17,21)/t11-/m1/s1. The maximum atomic E-state index is 12.5. The van der Waals surface area contributed by atoms with Gasteiger partial charge in [0.15, 0.2) is 5.65 Å². The number of aryl methyl sites for hydroxylation is 1. The number of pyridine rings is 1. The van der Waals surface area contributed by atoms with Crippen LogP contribution in [0.4, 0.5) is 0 Å². The Kier molecular flexibility index (Phi) is 4.30. The number of carbonyl (C=O) groups excluding carboxylic acids is 1. The Labute approximate surface area is 125 Å². The quantitative estimate of drug-likeness (QED) is 0.941. The molecule has 0 saturated carbocycles. The van der Waals surface area contributed by atoms with Gasteiger partial charge in [-0.05, 0) is 30.9 Å². The van der Waals surface area contributed by atoms with Gasteiger partial charge < -0.3 is 5.32 Å². The van der Waals surface area contributed by atoms with Crippen LogP contribution in [0.5, 0.6) is 0 Å². The lowest BCUT2D eigenvalue weighted by Crippen LogP contribution is -2.41. The molecule has 0 unspecified atom stereocenters. The summed E-state index contributed by atoms with van der Waals surface area (Å²) < 4.78 is 1.90. The zero-order chi connectivity index (χ0) is 15.6. The summed E-state index contributed by atoms with van der Waals surface area (Å²) in [4.78, 5) is 12.5. The molecule has 0 fully saturated rings. The highest BCUT2D eigenvalue weighted by atomic mass is 16.1. The third-order valence-electron chi connectivity index (χ3n) is 3.87. The average Bonchev–Trinajstić information content (AvgIpc) is 2.81. The predicted octanol–water partition coefficient (Wildman–Crippen LogP) is 2.85. The van der Waals surface area contributed by atoms with Gasteiger partial charge in [0.1, 0.15) is 5.82 Å². The van der Waals surface area contributed by atoms with Crippen molar-refractivity contribution in [2.24, 2.45) is 5.41 Å². The monoisotopic (exact) mass is 288 g/mol. The molecule has 0 radical (unpaired) electrons. The highest BCUT2D eigenvalue weighted by Crippen LogP contribution is 2.19. The van der Waals surface area contributed by atoms with Gasteiger partial charge in [-0.15, -0.1) is 10.2 Å². The fourth-order valence-electron chi connectivity index (χ4n) is 2.03. The molecule has 0 spiro atoms. The van der Waals surface area contributed by atoms with Gasteiger partial charge in [0, 0.05) is 18.7 Å². The maximum absolute atomic E-state index is 12.5. The van der Waals surface area contributed by atoms with E-state index in [2.05, 4.69) is 43.2 Å². The number of hydrogen-bond acceptors (Lipinski definition) is 3. The first-order chi connectivity index (χ1) is 9.84. The molecular formula is C16H24N4O. The summed E-state index contributed by atoms with van der Waals surface area (Å²) in [6.45, 7) is 10.4. The fourth-order valence-corrected chi connectivity index (χ4v) is 2.03. The van der Waals surface area contributed by atoms with Gasteiger partial charge >= 0.3 is 0 Å². The van der Waals surface area contributed by atoms with Crippen molar-refractivity contribution in [1.29, 1.82) is 0 Å². The van der Waals surface area contributed by atoms with Crippen molar-refractivity contribution < 1.29 is 4.79 Å². The highest BCUT2D eigenvalue weighted by molar-refractivity contribution is 5.99. The van der Waals surface area contributed by atoms with Crippen LogP contribution < -0.4 is 5.32 Å². The second kappa shape index (κ2) is 5.84. The largest absolute Gasteiger partial charge is 0.349 e. The topological polar surface area (TPSA) is 59.3 Å². The number of amides is 1. The fraction of sp³-hybridized carbons (Fsp3) is 0.562. The molecule has 2 heterocycles. The molecular weight excluding hydrogens is 264 g/mol. The van der Waals surface area contributed by atoms with E-state index in [4.69, 9.17) is 0 Å². The number of rotatable bonds is 4. The van der Waals surface area contributed by atoms with Crippen molar-refractivity contribution in [2.45, 2.75) is 53.5 Å². The molecule has 1 N–H and O–H groups in total. The Morgan fingerprint density at radius 2 is 2.10 bits per heavy atom. The van der Waals surface area contributed by atoms with Crippen molar-refractivity contribution in [3.8, 4) is 0 Å². The minimum absolute atomic E-state index is 0.0156. The van der Waals surface area contributed by atoms with Crippen LogP contribution in [0.3, 0.4) is 0 Å². The van der Waals surface area contributed by atoms with Gasteiger partial charge in [0.05, 0.1) is 5.56 Å². The van der Waals surface area contributed by atoms with Crippen molar-refractivity contribution in [3.63, 3.8) is 0 Å². The predicted molar refractivity (Wildman–Crippen MR) is 83.4 cm³/mol. The van der Waals surface area contributed by atoms with Crippen LogP contribution in [0.1, 0.15) is 57.2 Å². The Hall–Kier alpha value is -1.91. The van der Waals surface area contributed by atoms with Crippen molar-refractivity contribution in [2.75, 3.05) is 0 Å². The molecule has 2 rings (SSSR count). The Morgan fingerprint density at radius 3 is 2.71 bits per heavy atom. The van der Waals surface area contributed by atoms with Crippen LogP contribution in [0.25, 0.3) is 5.65 Å². The molecule has 0 aliphatic rings. The van der Waals surface area contributed by atoms with Crippen LogP contribution in [0, 0.1) is 5.41 Å². The number of nitrogens with one attached hydrogen (secondary N) is 1. The molecule has 0 bridgehead atoms. The van der Waals surface area contributed by atoms with Crippen LogP contribution in [0.15, 0.2) is 18.3 Å². The van der Waals surface area contributed by atoms with E-state index < -0.39 is 0 Å². The maximum Gasteiger partial charge on any atom is 0.255 e. The summed E-state index contributed by atoms with van der Waals surface area (Å²) in [5, 5.41) is 11.4. The lowest BCUT2D eigenvalue weighted by atomic mass is 9.88. The second-order valence-electron chi connectivity index (χ2n) is 6.54. The first kappa shape index (κ1) is 15.5. The zero-order valence-corrected chi connectivity index (χ0v) is 13.5. The Morgan fingerprint density at radius 1 is 1.38 bits per heavy atom. The van der Waals surface area contributed by atoms with E-state index >= 15 is 0 Å². The smallest absolute Gasteiger partial charge is 0.255 e. The molecule has 0 aliphatic heterocycles. The number of aromatic nitrogens is 3. The zero-order valence-electron chi connectivity index (χ0n) is 13.5. The highest BCUT2D eigenvalue weighted by Gasteiger charge is 2.23. The molecule has 114 valence electrons. The van der Waals surface area contributed by atoms with Gasteiger partial charge in [-0.2, -0.15) is 0 Å².